The molecular weight excluding hydrogens is 406 g/mol. The maximum Gasteiger partial charge on any atom is 0.284 e. The molecule has 0 fully saturated rings. The Labute approximate surface area is 185 Å². The molecule has 0 atom stereocenters. The topological polar surface area (TPSA) is 118 Å². The number of ether oxygens (including phenoxy) is 1. The number of benzene rings is 2. The van der Waals surface area contributed by atoms with E-state index >= 15 is 0 Å². The normalized spacial score (nSPS) is 15.2. The van der Waals surface area contributed by atoms with Crippen molar-refractivity contribution in [2.24, 2.45) is 26.1 Å². The van der Waals surface area contributed by atoms with E-state index < -0.39 is 11.3 Å². The van der Waals surface area contributed by atoms with E-state index in [4.69, 9.17) is 10.5 Å². The van der Waals surface area contributed by atoms with Crippen LogP contribution in [-0.2, 0) is 4.79 Å². The first kappa shape index (κ1) is 21.2. The Morgan fingerprint density at radius 3 is 2.50 bits per heavy atom. The number of hydrogen-bond donors (Lipinski definition) is 2. The van der Waals surface area contributed by atoms with E-state index in [0.717, 1.165) is 5.69 Å². The van der Waals surface area contributed by atoms with E-state index in [-0.39, 0.29) is 18.3 Å². The van der Waals surface area contributed by atoms with Gasteiger partial charge in [0.05, 0.1) is 11.0 Å². The molecule has 8 heteroatoms. The lowest BCUT2D eigenvalue weighted by Gasteiger charge is -2.23. The summed E-state index contributed by atoms with van der Waals surface area (Å²) in [5.74, 6) is 0.490. The molecule has 1 amide bonds. The second-order valence-electron chi connectivity index (χ2n) is 8.11. The van der Waals surface area contributed by atoms with Crippen LogP contribution in [0.15, 0.2) is 80.7 Å². The van der Waals surface area contributed by atoms with Crippen LogP contribution in [0.5, 0.6) is 5.75 Å². The van der Waals surface area contributed by atoms with Crippen molar-refractivity contribution in [2.45, 2.75) is 13.8 Å². The third-order valence-electron chi connectivity index (χ3n) is 5.13. The fourth-order valence-electron chi connectivity index (χ4n) is 3.33. The molecule has 0 spiro atoms. The van der Waals surface area contributed by atoms with Gasteiger partial charge in [0.25, 0.3) is 5.91 Å². The van der Waals surface area contributed by atoms with Crippen LogP contribution in [0.4, 0.5) is 5.69 Å². The predicted molar refractivity (Wildman–Crippen MR) is 125 cm³/mol. The molecule has 0 aliphatic carbocycles. The van der Waals surface area contributed by atoms with Gasteiger partial charge in [-0.25, -0.2) is 4.99 Å². The van der Waals surface area contributed by atoms with Crippen LogP contribution >= 0.6 is 0 Å². The molecule has 3 N–H and O–H groups in total. The highest BCUT2D eigenvalue weighted by atomic mass is 16.5. The fraction of sp³-hybridized carbons (Fsp3) is 0.208. The minimum atomic E-state index is -0.661. The first-order valence-electron chi connectivity index (χ1n) is 10.1. The van der Waals surface area contributed by atoms with Gasteiger partial charge >= 0.3 is 0 Å². The molecule has 0 radical (unpaired) electrons. The van der Waals surface area contributed by atoms with Crippen LogP contribution in [0.2, 0.25) is 0 Å². The smallest absolute Gasteiger partial charge is 0.284 e. The maximum absolute atomic E-state index is 12.7. The lowest BCUT2D eigenvalue weighted by atomic mass is 9.85. The van der Waals surface area contributed by atoms with Gasteiger partial charge in [0.15, 0.2) is 11.6 Å². The summed E-state index contributed by atoms with van der Waals surface area (Å²) < 4.78 is 5.88. The monoisotopic (exact) mass is 429 g/mol. The molecule has 0 saturated carbocycles. The van der Waals surface area contributed by atoms with E-state index in [1.54, 1.807) is 6.21 Å². The Bertz CT molecular complexity index is 1180. The minimum Gasteiger partial charge on any atom is -0.493 e. The zero-order chi connectivity index (χ0) is 22.7. The number of hydrogen-bond acceptors (Lipinski definition) is 7. The van der Waals surface area contributed by atoms with Crippen LogP contribution in [0.1, 0.15) is 24.2 Å². The lowest BCUT2D eigenvalue weighted by molar-refractivity contribution is -0.113. The average Bonchev–Trinajstić information content (AvgIpc) is 3.20. The molecule has 0 aromatic heterocycles. The number of aliphatic imine (C=N–C) groups is 3. The van der Waals surface area contributed by atoms with Crippen molar-refractivity contribution in [3.8, 4) is 5.75 Å². The summed E-state index contributed by atoms with van der Waals surface area (Å²) in [7, 11) is 0. The van der Waals surface area contributed by atoms with E-state index in [1.165, 1.54) is 0 Å². The van der Waals surface area contributed by atoms with Crippen molar-refractivity contribution in [1.82, 2.24) is 0 Å². The lowest BCUT2D eigenvalue weighted by Crippen LogP contribution is -2.31. The molecule has 2 aromatic rings. The van der Waals surface area contributed by atoms with Gasteiger partial charge in [0.1, 0.15) is 12.4 Å². The number of nitrogens with one attached hydrogen (secondary N) is 1. The molecule has 8 nitrogen and oxygen atoms in total. The van der Waals surface area contributed by atoms with E-state index in [9.17, 15) is 9.59 Å². The highest BCUT2D eigenvalue weighted by Gasteiger charge is 2.30. The quantitative estimate of drug-likeness (QED) is 0.625. The van der Waals surface area contributed by atoms with Gasteiger partial charge in [0, 0.05) is 29.6 Å². The number of Topliss-reactive ketones (excluding diaryl/α,β-unsaturated/α-hetero) is 1. The third-order valence-corrected chi connectivity index (χ3v) is 5.13. The Morgan fingerprint density at radius 1 is 1.06 bits per heavy atom. The van der Waals surface area contributed by atoms with E-state index in [2.05, 4.69) is 20.3 Å². The van der Waals surface area contributed by atoms with E-state index in [0.29, 0.717) is 34.8 Å². The summed E-state index contributed by atoms with van der Waals surface area (Å²) in [6, 6.07) is 16.6. The summed E-state index contributed by atoms with van der Waals surface area (Å²) in [4.78, 5) is 36.6. The van der Waals surface area contributed by atoms with Gasteiger partial charge in [-0.05, 0) is 38.1 Å². The number of nitrogens with two attached hydrogens (primary N) is 1. The molecule has 2 aliphatic heterocycles. The van der Waals surface area contributed by atoms with Crippen LogP contribution in [-0.4, -0.2) is 42.9 Å². The standard InChI is InChI=1S/C24H23N5O3/c1-24(2,20(30)15-6-4-3-5-7-15)14-32-18-10-8-17(9-11-18)26-12-16-13-27-21-19(16)22(31)29-23(25)28-21/h3-11,13,26H,12,14H2,1-2H3,(H2,25,29,31). The summed E-state index contributed by atoms with van der Waals surface area (Å²) >= 11 is 0. The third kappa shape index (κ3) is 4.49. The summed E-state index contributed by atoms with van der Waals surface area (Å²) in [6.07, 6.45) is 1.59. The fourth-order valence-corrected chi connectivity index (χ4v) is 3.33. The zero-order valence-corrected chi connectivity index (χ0v) is 17.8. The van der Waals surface area contributed by atoms with Crippen LogP contribution in [0.3, 0.4) is 0 Å². The van der Waals surface area contributed by atoms with Gasteiger partial charge < -0.3 is 15.8 Å². The van der Waals surface area contributed by atoms with Crippen molar-refractivity contribution < 1.29 is 14.3 Å². The molecule has 2 aliphatic rings. The number of carbonyl (C=O) groups is 2. The van der Waals surface area contributed by atoms with Gasteiger partial charge in [-0.1, -0.05) is 30.3 Å². The Balaban J connectivity index is 1.34. The van der Waals surface area contributed by atoms with Crippen LogP contribution < -0.4 is 15.8 Å². The molecule has 32 heavy (non-hydrogen) atoms. The molecule has 2 aromatic carbocycles. The summed E-state index contributed by atoms with van der Waals surface area (Å²) in [5, 5.41) is 3.24. The number of anilines is 1. The van der Waals surface area contributed by atoms with Crippen molar-refractivity contribution in [3.05, 3.63) is 71.3 Å². The van der Waals surface area contributed by atoms with Crippen molar-refractivity contribution in [1.29, 1.82) is 0 Å². The molecule has 0 bridgehead atoms. The molecule has 0 saturated heterocycles. The highest BCUT2D eigenvalue weighted by Crippen LogP contribution is 2.25. The van der Waals surface area contributed by atoms with E-state index in [1.807, 2.05) is 68.4 Å². The number of fused-ring (bicyclic) bond motifs is 1. The number of rotatable bonds is 8. The number of ketones is 1. The average molecular weight is 429 g/mol. The first-order chi connectivity index (χ1) is 15.3. The maximum atomic E-state index is 12.7. The number of amidine groups is 1. The molecule has 0 unspecified atom stereocenters. The number of carbonyl (C=O) groups excluding carboxylic acids is 2. The molecule has 4 rings (SSSR count). The molecule has 2 heterocycles. The van der Waals surface area contributed by atoms with Crippen LogP contribution in [0, 0.1) is 5.41 Å². The molecule has 162 valence electrons. The second-order valence-corrected chi connectivity index (χ2v) is 8.11. The van der Waals surface area contributed by atoms with Gasteiger partial charge in [-0.3, -0.25) is 9.59 Å². The largest absolute Gasteiger partial charge is 0.493 e. The zero-order valence-electron chi connectivity index (χ0n) is 17.8. The van der Waals surface area contributed by atoms with Gasteiger partial charge in [0.2, 0.25) is 5.96 Å². The minimum absolute atomic E-state index is 0.0374. The van der Waals surface area contributed by atoms with Gasteiger partial charge in [-0.15, -0.1) is 0 Å². The Kier molecular flexibility index (Phi) is 5.68. The number of amides is 1. The van der Waals surface area contributed by atoms with Crippen molar-refractivity contribution >= 4 is 35.4 Å². The predicted octanol–water partition coefficient (Wildman–Crippen LogP) is 3.02. The second kappa shape index (κ2) is 8.58. The molecular formula is C24H23N5O3. The first-order valence-corrected chi connectivity index (χ1v) is 10.1. The number of nitrogens with zero attached hydrogens (tertiary/aromatic N) is 3. The summed E-state index contributed by atoms with van der Waals surface area (Å²) in [5.41, 5.74) is 7.43. The number of guanidine groups is 1. The Morgan fingerprint density at radius 2 is 1.78 bits per heavy atom. The van der Waals surface area contributed by atoms with Crippen molar-refractivity contribution in [3.63, 3.8) is 0 Å². The van der Waals surface area contributed by atoms with Crippen LogP contribution in [0.25, 0.3) is 0 Å². The summed E-state index contributed by atoms with van der Waals surface area (Å²) in [6.45, 7) is 4.39. The Hall–Kier alpha value is -4.07. The van der Waals surface area contributed by atoms with Crippen molar-refractivity contribution in [2.75, 3.05) is 18.5 Å². The highest BCUT2D eigenvalue weighted by molar-refractivity contribution is 6.34. The SMILES string of the molecule is CC(C)(COc1ccc(NCC2=C3C(=O)N=C(N)N=C3N=C2)cc1)C(=O)c1ccccc1. The van der Waals surface area contributed by atoms with Gasteiger partial charge in [-0.2, -0.15) is 9.98 Å².